The first-order valence-corrected chi connectivity index (χ1v) is 8.02. The highest BCUT2D eigenvalue weighted by atomic mass is 32.2. The van der Waals surface area contributed by atoms with Gasteiger partial charge in [0.15, 0.2) is 0 Å². The summed E-state index contributed by atoms with van der Waals surface area (Å²) in [6, 6.07) is 6.64. The van der Waals surface area contributed by atoms with Gasteiger partial charge in [-0.15, -0.1) is 11.8 Å². The van der Waals surface area contributed by atoms with E-state index in [1.807, 2.05) is 0 Å². The molecule has 4 heteroatoms. The van der Waals surface area contributed by atoms with Gasteiger partial charge in [0.05, 0.1) is 11.2 Å². The fraction of sp³-hybridized carbons (Fsp3) is 0.625. The van der Waals surface area contributed by atoms with Crippen molar-refractivity contribution in [2.24, 2.45) is 11.7 Å². The molecule has 0 radical (unpaired) electrons. The van der Waals surface area contributed by atoms with E-state index in [2.05, 4.69) is 27.7 Å². The van der Waals surface area contributed by atoms with Crippen LogP contribution in [0, 0.1) is 11.7 Å². The summed E-state index contributed by atoms with van der Waals surface area (Å²) in [6.07, 6.45) is 0.977. The Labute approximate surface area is 125 Å². The van der Waals surface area contributed by atoms with Crippen LogP contribution in [0.1, 0.15) is 34.1 Å². The SMILES string of the molecule is CC1(C)CC(C(N)CSc2ccc(F)cc2)C(C)(C)O1. The lowest BCUT2D eigenvalue weighted by Gasteiger charge is -2.30. The average Bonchev–Trinajstić information content (AvgIpc) is 2.56. The van der Waals surface area contributed by atoms with Gasteiger partial charge in [-0.1, -0.05) is 0 Å². The zero-order valence-corrected chi connectivity index (χ0v) is 13.5. The smallest absolute Gasteiger partial charge is 0.123 e. The van der Waals surface area contributed by atoms with Gasteiger partial charge in [0.2, 0.25) is 0 Å². The van der Waals surface area contributed by atoms with Crippen molar-refractivity contribution in [3.05, 3.63) is 30.1 Å². The molecule has 2 nitrogen and oxygen atoms in total. The third-order valence-electron chi connectivity index (χ3n) is 3.92. The first kappa shape index (κ1) is 15.8. The Morgan fingerprint density at radius 1 is 1.30 bits per heavy atom. The van der Waals surface area contributed by atoms with Crippen LogP contribution in [0.3, 0.4) is 0 Å². The minimum absolute atomic E-state index is 0.0711. The summed E-state index contributed by atoms with van der Waals surface area (Å²) in [5, 5.41) is 0. The van der Waals surface area contributed by atoms with E-state index < -0.39 is 0 Å². The van der Waals surface area contributed by atoms with Crippen LogP contribution in [0.15, 0.2) is 29.2 Å². The van der Waals surface area contributed by atoms with Gasteiger partial charge in [-0.05, 0) is 58.4 Å². The molecule has 1 fully saturated rings. The third-order valence-corrected chi connectivity index (χ3v) is 5.07. The van der Waals surface area contributed by atoms with E-state index in [1.165, 1.54) is 12.1 Å². The van der Waals surface area contributed by atoms with E-state index in [1.54, 1.807) is 23.9 Å². The van der Waals surface area contributed by atoms with Crippen LogP contribution in [-0.2, 0) is 4.74 Å². The molecule has 0 aromatic heterocycles. The second kappa shape index (κ2) is 5.66. The van der Waals surface area contributed by atoms with E-state index in [4.69, 9.17) is 10.5 Å². The molecule has 0 amide bonds. The van der Waals surface area contributed by atoms with Crippen LogP contribution in [0.4, 0.5) is 4.39 Å². The predicted molar refractivity (Wildman–Crippen MR) is 82.4 cm³/mol. The minimum atomic E-state index is -0.203. The van der Waals surface area contributed by atoms with Crippen LogP contribution in [0.2, 0.25) is 0 Å². The van der Waals surface area contributed by atoms with E-state index in [9.17, 15) is 4.39 Å². The maximum Gasteiger partial charge on any atom is 0.123 e. The molecule has 2 rings (SSSR count). The lowest BCUT2D eigenvalue weighted by Crippen LogP contribution is -2.42. The molecule has 1 aliphatic rings. The normalized spacial score (nSPS) is 25.6. The van der Waals surface area contributed by atoms with Crippen molar-refractivity contribution >= 4 is 11.8 Å². The zero-order chi connectivity index (χ0) is 15.0. The number of benzene rings is 1. The molecular weight excluding hydrogens is 273 g/mol. The van der Waals surface area contributed by atoms with Gasteiger partial charge in [0.1, 0.15) is 5.82 Å². The number of rotatable bonds is 4. The van der Waals surface area contributed by atoms with E-state index in [0.717, 1.165) is 17.1 Å². The number of thioether (sulfide) groups is 1. The Morgan fingerprint density at radius 2 is 1.90 bits per heavy atom. The molecule has 20 heavy (non-hydrogen) atoms. The molecule has 1 aromatic carbocycles. The molecule has 0 aliphatic carbocycles. The van der Waals surface area contributed by atoms with Gasteiger partial charge in [0.25, 0.3) is 0 Å². The molecule has 112 valence electrons. The van der Waals surface area contributed by atoms with Crippen molar-refractivity contribution in [2.45, 2.75) is 56.3 Å². The maximum atomic E-state index is 12.9. The Bertz CT molecular complexity index is 458. The minimum Gasteiger partial charge on any atom is -0.369 e. The average molecular weight is 297 g/mol. The Balaban J connectivity index is 1.95. The van der Waals surface area contributed by atoms with Crippen molar-refractivity contribution in [1.29, 1.82) is 0 Å². The van der Waals surface area contributed by atoms with Gasteiger partial charge in [-0.2, -0.15) is 0 Å². The second-order valence-corrected chi connectivity index (χ2v) is 7.80. The molecule has 1 aromatic rings. The lowest BCUT2D eigenvalue weighted by atomic mass is 9.83. The lowest BCUT2D eigenvalue weighted by molar-refractivity contribution is -0.0759. The highest BCUT2D eigenvalue weighted by molar-refractivity contribution is 7.99. The summed E-state index contributed by atoms with van der Waals surface area (Å²) >= 11 is 1.68. The Kier molecular flexibility index (Phi) is 4.47. The summed E-state index contributed by atoms with van der Waals surface area (Å²) in [5.41, 5.74) is 6.09. The molecular formula is C16H24FNOS. The molecule has 1 aliphatic heterocycles. The third kappa shape index (κ3) is 3.74. The number of hydrogen-bond acceptors (Lipinski definition) is 3. The molecule has 2 N–H and O–H groups in total. The van der Waals surface area contributed by atoms with Gasteiger partial charge < -0.3 is 10.5 Å². The molecule has 1 heterocycles. The van der Waals surface area contributed by atoms with Crippen LogP contribution in [0.25, 0.3) is 0 Å². The fourth-order valence-electron chi connectivity index (χ4n) is 3.11. The monoisotopic (exact) mass is 297 g/mol. The number of hydrogen-bond donors (Lipinski definition) is 1. The van der Waals surface area contributed by atoms with Crippen LogP contribution < -0.4 is 5.73 Å². The molecule has 2 unspecified atom stereocenters. The highest BCUT2D eigenvalue weighted by Crippen LogP contribution is 2.43. The van der Waals surface area contributed by atoms with E-state index in [0.29, 0.717) is 5.92 Å². The topological polar surface area (TPSA) is 35.2 Å². The van der Waals surface area contributed by atoms with Crippen molar-refractivity contribution in [3.8, 4) is 0 Å². The zero-order valence-electron chi connectivity index (χ0n) is 12.7. The second-order valence-electron chi connectivity index (χ2n) is 6.70. The quantitative estimate of drug-likeness (QED) is 0.858. The van der Waals surface area contributed by atoms with Gasteiger partial charge in [-0.3, -0.25) is 0 Å². The fourth-order valence-corrected chi connectivity index (χ4v) is 4.06. The summed E-state index contributed by atoms with van der Waals surface area (Å²) in [4.78, 5) is 1.05. The van der Waals surface area contributed by atoms with Crippen LogP contribution in [0.5, 0.6) is 0 Å². The van der Waals surface area contributed by atoms with Crippen molar-refractivity contribution in [2.75, 3.05) is 5.75 Å². The molecule has 0 saturated carbocycles. The molecule has 0 bridgehead atoms. The van der Waals surface area contributed by atoms with Crippen molar-refractivity contribution in [1.82, 2.24) is 0 Å². The largest absolute Gasteiger partial charge is 0.369 e. The van der Waals surface area contributed by atoms with Gasteiger partial charge in [-0.25, -0.2) is 4.39 Å². The summed E-state index contributed by atoms with van der Waals surface area (Å²) in [5.74, 6) is 0.954. The standard InChI is InChI=1S/C16H24FNOS/c1-15(2)9-13(16(3,4)19-15)14(18)10-20-12-7-5-11(17)6-8-12/h5-8,13-14H,9-10,18H2,1-4H3. The molecule has 0 spiro atoms. The highest BCUT2D eigenvalue weighted by Gasteiger charge is 2.47. The predicted octanol–water partition coefficient (Wildman–Crippen LogP) is 3.84. The van der Waals surface area contributed by atoms with Crippen molar-refractivity contribution < 1.29 is 9.13 Å². The van der Waals surface area contributed by atoms with E-state index >= 15 is 0 Å². The molecule has 2 atom stereocenters. The van der Waals surface area contributed by atoms with Gasteiger partial charge >= 0.3 is 0 Å². The summed E-state index contributed by atoms with van der Waals surface area (Å²) in [6.45, 7) is 8.48. The number of ether oxygens (including phenoxy) is 1. The van der Waals surface area contributed by atoms with Crippen molar-refractivity contribution in [3.63, 3.8) is 0 Å². The Morgan fingerprint density at radius 3 is 2.40 bits per heavy atom. The first-order valence-electron chi connectivity index (χ1n) is 7.04. The Hall–Kier alpha value is -0.580. The van der Waals surface area contributed by atoms with Crippen LogP contribution in [-0.4, -0.2) is 23.0 Å². The van der Waals surface area contributed by atoms with E-state index in [-0.39, 0.29) is 23.1 Å². The van der Waals surface area contributed by atoms with Gasteiger partial charge in [0, 0.05) is 22.6 Å². The first-order chi connectivity index (χ1) is 9.20. The molecule has 1 saturated heterocycles. The maximum absolute atomic E-state index is 12.9. The number of halogens is 1. The number of nitrogens with two attached hydrogens (primary N) is 1. The summed E-state index contributed by atoms with van der Waals surface area (Å²) in [7, 11) is 0. The van der Waals surface area contributed by atoms with Crippen LogP contribution >= 0.6 is 11.8 Å². The summed E-state index contributed by atoms with van der Waals surface area (Å²) < 4.78 is 19.0.